The topological polar surface area (TPSA) is 43.1 Å². The smallest absolute Gasteiger partial charge is 0.136 e. The lowest BCUT2D eigenvalue weighted by Crippen LogP contribution is -2.24. The van der Waals surface area contributed by atoms with Gasteiger partial charge >= 0.3 is 0 Å². The normalized spacial score (nSPS) is 28.7. The summed E-state index contributed by atoms with van der Waals surface area (Å²) in [4.78, 5) is 11.8. The SMILES string of the molecule is CCC1CCC(C(=O)CCC(C)N)CC1. The van der Waals surface area contributed by atoms with Gasteiger partial charge in [-0.1, -0.05) is 13.3 Å². The summed E-state index contributed by atoms with van der Waals surface area (Å²) >= 11 is 0. The van der Waals surface area contributed by atoms with Crippen LogP contribution in [0.3, 0.4) is 0 Å². The number of hydrogen-bond acceptors (Lipinski definition) is 2. The molecule has 0 spiro atoms. The molecule has 0 aromatic rings. The Morgan fingerprint density at radius 2 is 1.93 bits per heavy atom. The Hall–Kier alpha value is -0.370. The maximum Gasteiger partial charge on any atom is 0.136 e. The molecule has 1 aliphatic rings. The summed E-state index contributed by atoms with van der Waals surface area (Å²) in [5.74, 6) is 1.69. The van der Waals surface area contributed by atoms with Gasteiger partial charge in [0.25, 0.3) is 0 Å². The highest BCUT2D eigenvalue weighted by molar-refractivity contribution is 5.81. The minimum absolute atomic E-state index is 0.168. The first-order valence-electron chi connectivity index (χ1n) is 6.41. The predicted octanol–water partition coefficient (Wildman–Crippen LogP) is 2.90. The van der Waals surface area contributed by atoms with Crippen LogP contribution in [-0.4, -0.2) is 11.8 Å². The molecule has 2 heteroatoms. The van der Waals surface area contributed by atoms with Gasteiger partial charge in [-0.25, -0.2) is 0 Å². The summed E-state index contributed by atoms with van der Waals surface area (Å²) in [7, 11) is 0. The molecule has 1 saturated carbocycles. The zero-order chi connectivity index (χ0) is 11.3. The summed E-state index contributed by atoms with van der Waals surface area (Å²) in [6.45, 7) is 4.23. The third kappa shape index (κ3) is 4.33. The molecule has 1 fully saturated rings. The van der Waals surface area contributed by atoms with E-state index in [4.69, 9.17) is 5.73 Å². The fraction of sp³-hybridized carbons (Fsp3) is 0.923. The van der Waals surface area contributed by atoms with Gasteiger partial charge in [0.05, 0.1) is 0 Å². The Labute approximate surface area is 93.6 Å². The van der Waals surface area contributed by atoms with E-state index in [2.05, 4.69) is 6.92 Å². The molecule has 1 atom stereocenters. The maximum absolute atomic E-state index is 11.8. The molecule has 15 heavy (non-hydrogen) atoms. The molecule has 0 radical (unpaired) electrons. The molecule has 2 N–H and O–H groups in total. The highest BCUT2D eigenvalue weighted by Gasteiger charge is 2.24. The van der Waals surface area contributed by atoms with Gasteiger partial charge in [-0.15, -0.1) is 0 Å². The quantitative estimate of drug-likeness (QED) is 0.760. The van der Waals surface area contributed by atoms with Crippen LogP contribution in [0.5, 0.6) is 0 Å². The fourth-order valence-electron chi connectivity index (χ4n) is 2.47. The van der Waals surface area contributed by atoms with E-state index >= 15 is 0 Å². The van der Waals surface area contributed by atoms with Crippen LogP contribution in [0.4, 0.5) is 0 Å². The van der Waals surface area contributed by atoms with Crippen LogP contribution in [0, 0.1) is 11.8 Å². The van der Waals surface area contributed by atoms with Gasteiger partial charge in [0.2, 0.25) is 0 Å². The van der Waals surface area contributed by atoms with E-state index in [1.807, 2.05) is 6.92 Å². The lowest BCUT2D eigenvalue weighted by molar-refractivity contribution is -0.124. The third-order valence-electron chi connectivity index (χ3n) is 3.73. The van der Waals surface area contributed by atoms with Crippen molar-refractivity contribution in [2.75, 3.05) is 0 Å². The molecule has 0 aliphatic heterocycles. The number of carbonyl (C=O) groups is 1. The van der Waals surface area contributed by atoms with E-state index in [9.17, 15) is 4.79 Å². The monoisotopic (exact) mass is 211 g/mol. The average molecular weight is 211 g/mol. The summed E-state index contributed by atoms with van der Waals surface area (Å²) < 4.78 is 0. The van der Waals surface area contributed by atoms with E-state index in [-0.39, 0.29) is 6.04 Å². The largest absolute Gasteiger partial charge is 0.328 e. The Balaban J connectivity index is 2.24. The van der Waals surface area contributed by atoms with Crippen molar-refractivity contribution < 1.29 is 4.79 Å². The molecule has 0 heterocycles. The molecule has 1 unspecified atom stereocenters. The molecule has 0 amide bonds. The van der Waals surface area contributed by atoms with E-state index < -0.39 is 0 Å². The lowest BCUT2D eigenvalue weighted by Gasteiger charge is -2.26. The molecule has 0 saturated heterocycles. The Kier molecular flexibility index (Phi) is 5.30. The van der Waals surface area contributed by atoms with Crippen molar-refractivity contribution >= 4 is 5.78 Å². The van der Waals surface area contributed by atoms with E-state index in [1.165, 1.54) is 19.3 Å². The van der Waals surface area contributed by atoms with Gasteiger partial charge in [-0.3, -0.25) is 4.79 Å². The van der Waals surface area contributed by atoms with Crippen molar-refractivity contribution in [3.63, 3.8) is 0 Å². The summed E-state index contributed by atoms with van der Waals surface area (Å²) in [5, 5.41) is 0. The van der Waals surface area contributed by atoms with Crippen LogP contribution >= 0.6 is 0 Å². The first kappa shape index (κ1) is 12.7. The van der Waals surface area contributed by atoms with Crippen LogP contribution in [0.15, 0.2) is 0 Å². The highest BCUT2D eigenvalue weighted by atomic mass is 16.1. The molecule has 0 bridgehead atoms. The van der Waals surface area contributed by atoms with Crippen LogP contribution in [0.1, 0.15) is 58.8 Å². The Bertz CT molecular complexity index is 193. The number of Topliss-reactive ketones (excluding diaryl/α,β-unsaturated/α-hetero) is 1. The second-order valence-corrected chi connectivity index (χ2v) is 5.11. The molecule has 1 aliphatic carbocycles. The lowest BCUT2D eigenvalue weighted by atomic mass is 9.78. The molecule has 0 aromatic carbocycles. The second kappa shape index (κ2) is 6.26. The van der Waals surface area contributed by atoms with Crippen molar-refractivity contribution in [3.05, 3.63) is 0 Å². The minimum Gasteiger partial charge on any atom is -0.328 e. The van der Waals surface area contributed by atoms with Crippen LogP contribution in [0.25, 0.3) is 0 Å². The van der Waals surface area contributed by atoms with Gasteiger partial charge in [-0.05, 0) is 44.9 Å². The van der Waals surface area contributed by atoms with Gasteiger partial charge in [0.15, 0.2) is 0 Å². The van der Waals surface area contributed by atoms with E-state index in [0.717, 1.165) is 25.2 Å². The first-order valence-corrected chi connectivity index (χ1v) is 6.41. The van der Waals surface area contributed by atoms with Crippen molar-refractivity contribution in [1.82, 2.24) is 0 Å². The Morgan fingerprint density at radius 1 is 1.33 bits per heavy atom. The molecule has 88 valence electrons. The number of rotatable bonds is 5. The van der Waals surface area contributed by atoms with Crippen LogP contribution < -0.4 is 5.73 Å². The third-order valence-corrected chi connectivity index (χ3v) is 3.73. The van der Waals surface area contributed by atoms with Gasteiger partial charge in [0, 0.05) is 18.4 Å². The summed E-state index contributed by atoms with van der Waals surface area (Å²) in [6, 6.07) is 0.168. The molecular weight excluding hydrogens is 186 g/mol. The van der Waals surface area contributed by atoms with Crippen molar-refractivity contribution in [2.45, 2.75) is 64.8 Å². The van der Waals surface area contributed by atoms with E-state index in [1.54, 1.807) is 0 Å². The number of hydrogen-bond donors (Lipinski definition) is 1. The van der Waals surface area contributed by atoms with Crippen molar-refractivity contribution in [3.8, 4) is 0 Å². The van der Waals surface area contributed by atoms with Gasteiger partial charge in [-0.2, -0.15) is 0 Å². The number of ketones is 1. The van der Waals surface area contributed by atoms with Gasteiger partial charge < -0.3 is 5.73 Å². The first-order chi connectivity index (χ1) is 7.13. The highest BCUT2D eigenvalue weighted by Crippen LogP contribution is 2.31. The van der Waals surface area contributed by atoms with Gasteiger partial charge in [0.1, 0.15) is 5.78 Å². The van der Waals surface area contributed by atoms with Crippen molar-refractivity contribution in [1.29, 1.82) is 0 Å². The number of carbonyl (C=O) groups excluding carboxylic acids is 1. The Morgan fingerprint density at radius 3 is 2.40 bits per heavy atom. The summed E-state index contributed by atoms with van der Waals surface area (Å²) in [6.07, 6.45) is 7.58. The fourth-order valence-corrected chi connectivity index (χ4v) is 2.47. The molecule has 2 nitrogen and oxygen atoms in total. The average Bonchev–Trinajstić information content (AvgIpc) is 2.26. The number of nitrogens with two attached hydrogens (primary N) is 1. The molecule has 0 aromatic heterocycles. The zero-order valence-corrected chi connectivity index (χ0v) is 10.2. The van der Waals surface area contributed by atoms with Crippen molar-refractivity contribution in [2.24, 2.45) is 17.6 Å². The maximum atomic E-state index is 11.8. The van der Waals surface area contributed by atoms with Crippen LogP contribution in [0.2, 0.25) is 0 Å². The molecular formula is C13H25NO. The summed E-state index contributed by atoms with van der Waals surface area (Å²) in [5.41, 5.74) is 5.66. The predicted molar refractivity (Wildman–Crippen MR) is 63.6 cm³/mol. The van der Waals surface area contributed by atoms with Crippen LogP contribution in [-0.2, 0) is 4.79 Å². The standard InChI is InChI=1S/C13H25NO/c1-3-11-5-7-12(8-6-11)13(15)9-4-10(2)14/h10-12H,3-9,14H2,1-2H3. The second-order valence-electron chi connectivity index (χ2n) is 5.11. The van der Waals surface area contributed by atoms with E-state index in [0.29, 0.717) is 18.1 Å². The minimum atomic E-state index is 0.168. The molecule has 1 rings (SSSR count). The zero-order valence-electron chi connectivity index (χ0n) is 10.2.